The fourth-order valence-corrected chi connectivity index (χ4v) is 3.98. The largest absolute Gasteiger partial charge is 0.388 e. The molecule has 1 fully saturated rings. The van der Waals surface area contributed by atoms with E-state index in [9.17, 15) is 5.11 Å². The van der Waals surface area contributed by atoms with Gasteiger partial charge in [0.2, 0.25) is 0 Å². The van der Waals surface area contributed by atoms with Gasteiger partial charge in [-0.3, -0.25) is 0 Å². The molecule has 0 saturated heterocycles. The topological polar surface area (TPSA) is 20.2 Å². The van der Waals surface area contributed by atoms with Gasteiger partial charge in [-0.15, -0.1) is 6.58 Å². The van der Waals surface area contributed by atoms with Crippen LogP contribution in [0.1, 0.15) is 48.6 Å². The van der Waals surface area contributed by atoms with Crippen molar-refractivity contribution in [2.75, 3.05) is 0 Å². The Morgan fingerprint density at radius 3 is 2.27 bits per heavy atom. The molecule has 1 nitrogen and oxygen atoms in total. The molecule has 1 N–H and O–H groups in total. The average Bonchev–Trinajstić information content (AvgIpc) is 2.57. The van der Waals surface area contributed by atoms with Gasteiger partial charge in [0.1, 0.15) is 0 Å². The summed E-state index contributed by atoms with van der Waals surface area (Å²) >= 11 is 0. The van der Waals surface area contributed by atoms with Crippen LogP contribution in [0.3, 0.4) is 0 Å². The average molecular weight is 292 g/mol. The lowest BCUT2D eigenvalue weighted by Crippen LogP contribution is -2.44. The van der Waals surface area contributed by atoms with E-state index in [0.29, 0.717) is 0 Å². The highest BCUT2D eigenvalue weighted by molar-refractivity contribution is 5.33. The van der Waals surface area contributed by atoms with Crippen LogP contribution in [0.25, 0.3) is 0 Å². The van der Waals surface area contributed by atoms with Crippen molar-refractivity contribution in [2.45, 2.75) is 43.1 Å². The summed E-state index contributed by atoms with van der Waals surface area (Å²) in [4.78, 5) is 0. The van der Waals surface area contributed by atoms with Crippen molar-refractivity contribution >= 4 is 0 Å². The molecule has 0 aromatic heterocycles. The van der Waals surface area contributed by atoms with Crippen molar-refractivity contribution < 1.29 is 5.11 Å². The molecule has 3 atom stereocenters. The van der Waals surface area contributed by atoms with Gasteiger partial charge in [-0.2, -0.15) is 0 Å². The third-order valence-electron chi connectivity index (χ3n) is 5.06. The zero-order valence-electron chi connectivity index (χ0n) is 13.0. The summed E-state index contributed by atoms with van der Waals surface area (Å²) in [6.45, 7) is 4.03. The van der Waals surface area contributed by atoms with E-state index in [4.69, 9.17) is 0 Å². The van der Waals surface area contributed by atoms with E-state index in [1.807, 2.05) is 30.3 Å². The van der Waals surface area contributed by atoms with E-state index < -0.39 is 5.60 Å². The summed E-state index contributed by atoms with van der Waals surface area (Å²) in [7, 11) is 0. The van der Waals surface area contributed by atoms with Crippen LogP contribution in [0.15, 0.2) is 73.3 Å². The highest BCUT2D eigenvalue weighted by atomic mass is 16.3. The van der Waals surface area contributed by atoms with E-state index >= 15 is 0 Å². The van der Waals surface area contributed by atoms with Gasteiger partial charge in [0, 0.05) is 11.8 Å². The predicted molar refractivity (Wildman–Crippen MR) is 92.0 cm³/mol. The second-order valence-electron chi connectivity index (χ2n) is 6.32. The molecular formula is C21H24O. The van der Waals surface area contributed by atoms with E-state index in [1.54, 1.807) is 0 Å². The Hall–Kier alpha value is -1.86. The van der Waals surface area contributed by atoms with Crippen LogP contribution in [0.4, 0.5) is 0 Å². The molecule has 0 spiro atoms. The van der Waals surface area contributed by atoms with Gasteiger partial charge in [0.25, 0.3) is 0 Å². The SMILES string of the molecule is C=C[C@@H](c1ccccc1)[C@]1(O)CCCC[C@H]1c1ccccc1. The summed E-state index contributed by atoms with van der Waals surface area (Å²) in [5.41, 5.74) is 1.65. The quantitative estimate of drug-likeness (QED) is 0.782. The van der Waals surface area contributed by atoms with Gasteiger partial charge < -0.3 is 5.11 Å². The molecule has 114 valence electrons. The molecule has 3 rings (SSSR count). The second-order valence-corrected chi connectivity index (χ2v) is 6.32. The minimum absolute atomic E-state index is 0.0285. The highest BCUT2D eigenvalue weighted by Crippen LogP contribution is 2.48. The van der Waals surface area contributed by atoms with Gasteiger partial charge >= 0.3 is 0 Å². The Labute approximate surface area is 133 Å². The monoisotopic (exact) mass is 292 g/mol. The number of benzene rings is 2. The Morgan fingerprint density at radius 1 is 1.00 bits per heavy atom. The normalized spacial score (nSPS) is 26.3. The number of rotatable bonds is 4. The first-order valence-electron chi connectivity index (χ1n) is 8.20. The van der Waals surface area contributed by atoms with Gasteiger partial charge in [-0.1, -0.05) is 79.6 Å². The minimum Gasteiger partial charge on any atom is -0.388 e. The van der Waals surface area contributed by atoms with Crippen molar-refractivity contribution in [3.05, 3.63) is 84.4 Å². The first kappa shape index (κ1) is 15.1. The second kappa shape index (κ2) is 6.50. The third-order valence-corrected chi connectivity index (χ3v) is 5.06. The van der Waals surface area contributed by atoms with Crippen LogP contribution < -0.4 is 0 Å². The smallest absolute Gasteiger partial charge is 0.0818 e. The van der Waals surface area contributed by atoms with E-state index in [0.717, 1.165) is 24.8 Å². The minimum atomic E-state index is -0.747. The Balaban J connectivity index is 2.01. The molecule has 0 aliphatic heterocycles. The highest BCUT2D eigenvalue weighted by Gasteiger charge is 2.45. The van der Waals surface area contributed by atoms with E-state index in [-0.39, 0.29) is 11.8 Å². The van der Waals surface area contributed by atoms with Crippen LogP contribution in [-0.2, 0) is 0 Å². The summed E-state index contributed by atoms with van der Waals surface area (Å²) in [5.74, 6) is 0.143. The van der Waals surface area contributed by atoms with Crippen molar-refractivity contribution in [3.63, 3.8) is 0 Å². The molecule has 22 heavy (non-hydrogen) atoms. The van der Waals surface area contributed by atoms with E-state index in [1.165, 1.54) is 12.0 Å². The van der Waals surface area contributed by atoms with Gasteiger partial charge in [-0.25, -0.2) is 0 Å². The van der Waals surface area contributed by atoms with Crippen molar-refractivity contribution in [1.29, 1.82) is 0 Å². The maximum absolute atomic E-state index is 11.6. The lowest BCUT2D eigenvalue weighted by molar-refractivity contribution is -0.0296. The zero-order chi connectivity index (χ0) is 15.4. The molecule has 0 unspecified atom stereocenters. The van der Waals surface area contributed by atoms with Crippen molar-refractivity contribution in [3.8, 4) is 0 Å². The molecule has 2 aromatic rings. The molecule has 2 aromatic carbocycles. The lowest BCUT2D eigenvalue weighted by Gasteiger charge is -2.45. The standard InChI is InChI=1S/C21H24O/c1-2-19(17-11-5-3-6-12-17)21(22)16-10-9-15-20(21)18-13-7-4-8-14-18/h2-8,11-14,19-20,22H,1,9-10,15-16H2/t19-,20-,21+/m0/s1. The Bertz CT molecular complexity index is 604. The zero-order valence-corrected chi connectivity index (χ0v) is 13.0. The Kier molecular flexibility index (Phi) is 4.44. The molecular weight excluding hydrogens is 268 g/mol. The van der Waals surface area contributed by atoms with Crippen LogP contribution in [0.5, 0.6) is 0 Å². The molecule has 1 heteroatoms. The predicted octanol–water partition coefficient (Wildman–Crippen LogP) is 5.05. The van der Waals surface area contributed by atoms with Crippen LogP contribution in [-0.4, -0.2) is 10.7 Å². The first-order valence-corrected chi connectivity index (χ1v) is 8.20. The Morgan fingerprint density at radius 2 is 1.64 bits per heavy atom. The maximum atomic E-state index is 11.6. The third kappa shape index (κ3) is 2.74. The fourth-order valence-electron chi connectivity index (χ4n) is 3.98. The van der Waals surface area contributed by atoms with Gasteiger partial charge in [0.05, 0.1) is 5.60 Å². The number of hydrogen-bond acceptors (Lipinski definition) is 1. The fraction of sp³-hybridized carbons (Fsp3) is 0.333. The molecule has 1 saturated carbocycles. The van der Waals surface area contributed by atoms with Crippen molar-refractivity contribution in [1.82, 2.24) is 0 Å². The summed E-state index contributed by atoms with van der Waals surface area (Å²) in [6, 6.07) is 20.7. The lowest BCUT2D eigenvalue weighted by atomic mass is 9.64. The number of aliphatic hydroxyl groups is 1. The maximum Gasteiger partial charge on any atom is 0.0818 e. The first-order chi connectivity index (χ1) is 10.8. The van der Waals surface area contributed by atoms with Gasteiger partial charge in [-0.05, 0) is 24.0 Å². The van der Waals surface area contributed by atoms with Crippen LogP contribution in [0.2, 0.25) is 0 Å². The summed E-state index contributed by atoms with van der Waals surface area (Å²) < 4.78 is 0. The molecule has 1 aliphatic carbocycles. The van der Waals surface area contributed by atoms with Gasteiger partial charge in [0.15, 0.2) is 0 Å². The molecule has 1 aliphatic rings. The van der Waals surface area contributed by atoms with Crippen LogP contribution >= 0.6 is 0 Å². The summed E-state index contributed by atoms with van der Waals surface area (Å²) in [5, 5.41) is 11.6. The van der Waals surface area contributed by atoms with Crippen LogP contribution in [0, 0.1) is 0 Å². The molecule has 0 radical (unpaired) electrons. The molecule has 0 amide bonds. The molecule has 0 bridgehead atoms. The van der Waals surface area contributed by atoms with E-state index in [2.05, 4.69) is 43.0 Å². The molecule has 0 heterocycles. The number of hydrogen-bond donors (Lipinski definition) is 1. The van der Waals surface area contributed by atoms with Crippen molar-refractivity contribution in [2.24, 2.45) is 0 Å². The summed E-state index contributed by atoms with van der Waals surface area (Å²) in [6.07, 6.45) is 6.06.